The molecule has 0 radical (unpaired) electrons. The first kappa shape index (κ1) is 17.4. The normalized spacial score (nSPS) is 11.8. The molecule has 4 aromatic rings. The topological polar surface area (TPSA) is 57.4 Å². The maximum atomic E-state index is 6.21. The number of hydrogen-bond donors (Lipinski definition) is 2. The van der Waals surface area contributed by atoms with Crippen LogP contribution in [0, 0.1) is 0 Å². The van der Waals surface area contributed by atoms with Crippen molar-refractivity contribution in [3.8, 4) is 0 Å². The third-order valence-electron chi connectivity index (χ3n) is 4.91. The second-order valence-corrected chi connectivity index (χ2v) is 7.51. The summed E-state index contributed by atoms with van der Waals surface area (Å²) in [5, 5.41) is 3.44. The van der Waals surface area contributed by atoms with Crippen LogP contribution < -0.4 is 0 Å². The first-order chi connectivity index (χ1) is 12.7. The number of pyridine rings is 2. The van der Waals surface area contributed by atoms with Gasteiger partial charge in [0.1, 0.15) is 11.3 Å². The Kier molecular flexibility index (Phi) is 4.88. The van der Waals surface area contributed by atoms with E-state index in [1.165, 1.54) is 24.0 Å². The van der Waals surface area contributed by atoms with E-state index in [0.717, 1.165) is 34.9 Å². The molecule has 0 aliphatic carbocycles. The van der Waals surface area contributed by atoms with Gasteiger partial charge in [-0.2, -0.15) is 0 Å². The molecule has 4 aromatic heterocycles. The molecular formula is C20H20Cl2N4. The van der Waals surface area contributed by atoms with Crippen molar-refractivity contribution < 1.29 is 0 Å². The highest BCUT2D eigenvalue weighted by atomic mass is 35.5. The Labute approximate surface area is 162 Å². The summed E-state index contributed by atoms with van der Waals surface area (Å²) in [6, 6.07) is 3.98. The SMILES string of the molecule is CCCCCC(c1c[nH]c2ncc(Cl)cc12)c1c[nH]c2ncc(Cl)cc12. The number of hydrogen-bond acceptors (Lipinski definition) is 2. The van der Waals surface area contributed by atoms with Crippen molar-refractivity contribution in [3.05, 3.63) is 58.1 Å². The molecule has 134 valence electrons. The predicted molar refractivity (Wildman–Crippen MR) is 108 cm³/mol. The number of aromatic nitrogens is 4. The van der Waals surface area contributed by atoms with Crippen molar-refractivity contribution >= 4 is 45.3 Å². The lowest BCUT2D eigenvalue weighted by atomic mass is 9.87. The highest BCUT2D eigenvalue weighted by Crippen LogP contribution is 2.38. The second-order valence-electron chi connectivity index (χ2n) is 6.64. The minimum Gasteiger partial charge on any atom is -0.346 e. The van der Waals surface area contributed by atoms with Gasteiger partial charge in [0.25, 0.3) is 0 Å². The number of nitrogens with one attached hydrogen (secondary N) is 2. The summed E-state index contributed by atoms with van der Waals surface area (Å²) in [5.41, 5.74) is 4.15. The third-order valence-corrected chi connectivity index (χ3v) is 5.32. The molecule has 4 nitrogen and oxygen atoms in total. The smallest absolute Gasteiger partial charge is 0.137 e. The molecule has 4 heterocycles. The Morgan fingerprint density at radius 3 is 1.92 bits per heavy atom. The van der Waals surface area contributed by atoms with E-state index >= 15 is 0 Å². The average molecular weight is 387 g/mol. The van der Waals surface area contributed by atoms with Crippen LogP contribution in [0.4, 0.5) is 0 Å². The summed E-state index contributed by atoms with van der Waals surface area (Å²) in [6.45, 7) is 2.22. The minimum atomic E-state index is 0.226. The number of nitrogens with zero attached hydrogens (tertiary/aromatic N) is 2. The summed E-state index contributed by atoms with van der Waals surface area (Å²) in [4.78, 5) is 15.4. The van der Waals surface area contributed by atoms with Crippen LogP contribution in [0.5, 0.6) is 0 Å². The highest BCUT2D eigenvalue weighted by Gasteiger charge is 2.22. The molecule has 0 aliphatic heterocycles. The predicted octanol–water partition coefficient (Wildman–Crippen LogP) is 6.46. The highest BCUT2D eigenvalue weighted by molar-refractivity contribution is 6.31. The van der Waals surface area contributed by atoms with E-state index in [4.69, 9.17) is 23.2 Å². The summed E-state index contributed by atoms with van der Waals surface area (Å²) in [6.07, 6.45) is 12.1. The maximum absolute atomic E-state index is 6.21. The van der Waals surface area contributed by atoms with Crippen LogP contribution in [-0.2, 0) is 0 Å². The largest absolute Gasteiger partial charge is 0.346 e. The molecule has 0 unspecified atom stereocenters. The van der Waals surface area contributed by atoms with Gasteiger partial charge in [0, 0.05) is 41.5 Å². The maximum Gasteiger partial charge on any atom is 0.137 e. The number of unbranched alkanes of at least 4 members (excludes halogenated alkanes) is 2. The molecule has 26 heavy (non-hydrogen) atoms. The van der Waals surface area contributed by atoms with Gasteiger partial charge in [-0.15, -0.1) is 0 Å². The molecule has 4 rings (SSSR count). The fourth-order valence-corrected chi connectivity index (χ4v) is 3.97. The molecule has 0 saturated carbocycles. The second kappa shape index (κ2) is 7.29. The Bertz CT molecular complexity index is 971. The van der Waals surface area contributed by atoms with Crippen molar-refractivity contribution in [2.75, 3.05) is 0 Å². The Morgan fingerprint density at radius 1 is 0.885 bits per heavy atom. The number of aromatic amines is 2. The lowest BCUT2D eigenvalue weighted by Crippen LogP contribution is -2.00. The molecule has 6 heteroatoms. The van der Waals surface area contributed by atoms with Crippen molar-refractivity contribution in [2.24, 2.45) is 0 Å². The molecular weight excluding hydrogens is 367 g/mol. The van der Waals surface area contributed by atoms with Crippen molar-refractivity contribution in [3.63, 3.8) is 0 Å². The van der Waals surface area contributed by atoms with Crippen LogP contribution in [0.25, 0.3) is 22.1 Å². The monoisotopic (exact) mass is 386 g/mol. The quantitative estimate of drug-likeness (QED) is 0.373. The summed E-state index contributed by atoms with van der Waals surface area (Å²) in [5.74, 6) is 0.226. The molecule has 0 spiro atoms. The van der Waals surface area contributed by atoms with Gasteiger partial charge in [-0.25, -0.2) is 9.97 Å². The van der Waals surface area contributed by atoms with E-state index in [1.54, 1.807) is 12.4 Å². The van der Waals surface area contributed by atoms with Crippen molar-refractivity contribution in [2.45, 2.75) is 38.5 Å². The van der Waals surface area contributed by atoms with Crippen LogP contribution in [0.2, 0.25) is 10.0 Å². The lowest BCUT2D eigenvalue weighted by Gasteiger charge is -2.16. The van der Waals surface area contributed by atoms with Crippen LogP contribution in [-0.4, -0.2) is 19.9 Å². The molecule has 2 N–H and O–H groups in total. The zero-order chi connectivity index (χ0) is 18.1. The zero-order valence-electron chi connectivity index (χ0n) is 14.5. The third kappa shape index (κ3) is 3.19. The van der Waals surface area contributed by atoms with Crippen molar-refractivity contribution in [1.29, 1.82) is 0 Å². The summed E-state index contributed by atoms with van der Waals surface area (Å²) >= 11 is 12.4. The first-order valence-corrected chi connectivity index (χ1v) is 9.68. The number of halogens is 2. The van der Waals surface area contributed by atoms with Gasteiger partial charge in [0.05, 0.1) is 10.0 Å². The van der Waals surface area contributed by atoms with Gasteiger partial charge in [0.2, 0.25) is 0 Å². The van der Waals surface area contributed by atoms with Crippen molar-refractivity contribution in [1.82, 2.24) is 19.9 Å². The van der Waals surface area contributed by atoms with Gasteiger partial charge >= 0.3 is 0 Å². The van der Waals surface area contributed by atoms with E-state index in [-0.39, 0.29) is 5.92 Å². The van der Waals surface area contributed by atoms with E-state index in [9.17, 15) is 0 Å². The fraction of sp³-hybridized carbons (Fsp3) is 0.300. The van der Waals surface area contributed by atoms with Gasteiger partial charge in [0.15, 0.2) is 0 Å². The molecule has 0 atom stereocenters. The van der Waals surface area contributed by atoms with E-state index in [0.29, 0.717) is 10.0 Å². The van der Waals surface area contributed by atoms with E-state index in [2.05, 4.69) is 39.3 Å². The molecule has 0 saturated heterocycles. The molecule has 0 amide bonds. The summed E-state index contributed by atoms with van der Waals surface area (Å²) < 4.78 is 0. The standard InChI is InChI=1S/C20H20Cl2N4/c1-2-3-4-5-14(17-10-25-19-15(17)6-12(21)8-23-19)18-11-26-20-16(18)7-13(22)9-24-20/h6-11,14H,2-5H2,1H3,(H,23,25)(H,24,26). The Hall–Kier alpha value is -2.04. The Balaban J connectivity index is 1.85. The van der Waals surface area contributed by atoms with Gasteiger partial charge < -0.3 is 9.97 Å². The van der Waals surface area contributed by atoms with Crippen LogP contribution in [0.3, 0.4) is 0 Å². The number of rotatable bonds is 6. The van der Waals surface area contributed by atoms with Crippen LogP contribution in [0.15, 0.2) is 36.9 Å². The lowest BCUT2D eigenvalue weighted by molar-refractivity contribution is 0.623. The molecule has 0 bridgehead atoms. The van der Waals surface area contributed by atoms with Crippen LogP contribution >= 0.6 is 23.2 Å². The van der Waals surface area contributed by atoms with E-state index in [1.807, 2.05) is 12.1 Å². The molecule has 0 aromatic carbocycles. The first-order valence-electron chi connectivity index (χ1n) is 8.92. The fourth-order valence-electron chi connectivity index (χ4n) is 3.65. The van der Waals surface area contributed by atoms with E-state index < -0.39 is 0 Å². The molecule has 0 aliphatic rings. The zero-order valence-corrected chi connectivity index (χ0v) is 16.0. The summed E-state index contributed by atoms with van der Waals surface area (Å²) in [7, 11) is 0. The van der Waals surface area contributed by atoms with Gasteiger partial charge in [-0.1, -0.05) is 49.4 Å². The molecule has 0 fully saturated rings. The Morgan fingerprint density at radius 2 is 1.42 bits per heavy atom. The van der Waals surface area contributed by atoms with Gasteiger partial charge in [-0.05, 0) is 29.7 Å². The average Bonchev–Trinajstić information content (AvgIpc) is 3.23. The number of H-pyrrole nitrogens is 2. The van der Waals surface area contributed by atoms with Crippen LogP contribution in [0.1, 0.15) is 49.7 Å². The number of fused-ring (bicyclic) bond motifs is 2. The van der Waals surface area contributed by atoms with Gasteiger partial charge in [-0.3, -0.25) is 0 Å². The minimum absolute atomic E-state index is 0.226.